The monoisotopic (exact) mass is 319 g/mol. The maximum absolute atomic E-state index is 12.4. The molecule has 24 heavy (non-hydrogen) atoms. The van der Waals surface area contributed by atoms with Crippen molar-refractivity contribution >= 4 is 16.7 Å². The van der Waals surface area contributed by atoms with E-state index < -0.39 is 6.10 Å². The number of hydrogen-bond acceptors (Lipinski definition) is 2. The second-order valence-corrected chi connectivity index (χ2v) is 5.91. The fourth-order valence-corrected chi connectivity index (χ4v) is 2.65. The van der Waals surface area contributed by atoms with Gasteiger partial charge in [-0.2, -0.15) is 0 Å². The zero-order valence-corrected chi connectivity index (χ0v) is 13.9. The summed E-state index contributed by atoms with van der Waals surface area (Å²) < 4.78 is 5.81. The van der Waals surface area contributed by atoms with Crippen LogP contribution in [0.4, 0.5) is 0 Å². The molecule has 1 N–H and O–H groups in total. The molecule has 3 heteroatoms. The van der Waals surface area contributed by atoms with E-state index in [1.807, 2.05) is 73.7 Å². The highest BCUT2D eigenvalue weighted by molar-refractivity contribution is 5.84. The number of carbonyl (C=O) groups excluding carboxylic acids is 1. The minimum atomic E-state index is -0.558. The molecule has 3 aromatic rings. The molecule has 0 saturated carbocycles. The van der Waals surface area contributed by atoms with Gasteiger partial charge in [0.05, 0.1) is 6.04 Å². The molecule has 0 saturated heterocycles. The van der Waals surface area contributed by atoms with Gasteiger partial charge in [-0.1, -0.05) is 60.7 Å². The third kappa shape index (κ3) is 3.74. The summed E-state index contributed by atoms with van der Waals surface area (Å²) in [7, 11) is 0. The lowest BCUT2D eigenvalue weighted by molar-refractivity contribution is -0.127. The van der Waals surface area contributed by atoms with Crippen LogP contribution in [0.1, 0.15) is 25.5 Å². The maximum Gasteiger partial charge on any atom is 0.261 e. The normalized spacial score (nSPS) is 13.2. The average Bonchev–Trinajstić information content (AvgIpc) is 2.62. The Hall–Kier alpha value is -2.81. The average molecular weight is 319 g/mol. The summed E-state index contributed by atoms with van der Waals surface area (Å²) in [5, 5.41) is 5.24. The van der Waals surface area contributed by atoms with Crippen molar-refractivity contribution in [2.45, 2.75) is 26.0 Å². The zero-order valence-electron chi connectivity index (χ0n) is 13.9. The topological polar surface area (TPSA) is 38.3 Å². The minimum Gasteiger partial charge on any atom is -0.481 e. The number of hydrogen-bond donors (Lipinski definition) is 1. The van der Waals surface area contributed by atoms with Crippen LogP contribution < -0.4 is 10.1 Å². The molecule has 0 radical (unpaired) electrons. The van der Waals surface area contributed by atoms with Gasteiger partial charge in [0, 0.05) is 0 Å². The van der Waals surface area contributed by atoms with Crippen molar-refractivity contribution in [2.24, 2.45) is 0 Å². The lowest BCUT2D eigenvalue weighted by Crippen LogP contribution is -2.37. The molecule has 0 bridgehead atoms. The van der Waals surface area contributed by atoms with Crippen LogP contribution in [0.2, 0.25) is 0 Å². The molecule has 3 aromatic carbocycles. The number of rotatable bonds is 5. The van der Waals surface area contributed by atoms with E-state index in [4.69, 9.17) is 4.74 Å². The molecule has 0 aliphatic rings. The Labute approximate surface area is 142 Å². The Bertz CT molecular complexity index is 829. The van der Waals surface area contributed by atoms with E-state index in [1.54, 1.807) is 6.92 Å². The third-order valence-corrected chi connectivity index (χ3v) is 4.06. The Balaban J connectivity index is 1.64. The minimum absolute atomic E-state index is 0.0543. The van der Waals surface area contributed by atoms with Crippen molar-refractivity contribution in [3.05, 3.63) is 78.4 Å². The van der Waals surface area contributed by atoms with Crippen LogP contribution in [0.5, 0.6) is 5.75 Å². The Morgan fingerprint density at radius 3 is 2.29 bits per heavy atom. The largest absolute Gasteiger partial charge is 0.481 e. The highest BCUT2D eigenvalue weighted by atomic mass is 16.5. The van der Waals surface area contributed by atoms with Gasteiger partial charge in [0.15, 0.2) is 6.10 Å². The van der Waals surface area contributed by atoms with Gasteiger partial charge in [-0.05, 0) is 42.3 Å². The van der Waals surface area contributed by atoms with Gasteiger partial charge < -0.3 is 10.1 Å². The van der Waals surface area contributed by atoms with Crippen LogP contribution in [0.25, 0.3) is 10.8 Å². The van der Waals surface area contributed by atoms with Crippen LogP contribution in [0.3, 0.4) is 0 Å². The predicted molar refractivity (Wildman–Crippen MR) is 97.0 cm³/mol. The first kappa shape index (κ1) is 16.1. The van der Waals surface area contributed by atoms with Gasteiger partial charge in [-0.3, -0.25) is 4.79 Å². The number of ether oxygens (including phenoxy) is 1. The van der Waals surface area contributed by atoms with Gasteiger partial charge in [-0.15, -0.1) is 0 Å². The fraction of sp³-hybridized carbons (Fsp3) is 0.190. The molecule has 0 heterocycles. The molecule has 0 aliphatic carbocycles. The number of fused-ring (bicyclic) bond motifs is 1. The molecule has 2 atom stereocenters. The first-order valence-electron chi connectivity index (χ1n) is 8.14. The second kappa shape index (κ2) is 7.18. The van der Waals surface area contributed by atoms with Crippen molar-refractivity contribution in [1.29, 1.82) is 0 Å². The number of nitrogens with one attached hydrogen (secondary N) is 1. The van der Waals surface area contributed by atoms with Crippen molar-refractivity contribution in [2.75, 3.05) is 0 Å². The SMILES string of the molecule is C[C@H](Oc1ccc2ccccc2c1)C(=O)N[C@H](C)c1ccccc1. The van der Waals surface area contributed by atoms with Gasteiger partial charge in [0.2, 0.25) is 0 Å². The molecule has 0 aliphatic heterocycles. The van der Waals surface area contributed by atoms with Crippen molar-refractivity contribution in [3.63, 3.8) is 0 Å². The first-order valence-corrected chi connectivity index (χ1v) is 8.14. The van der Waals surface area contributed by atoms with Crippen LogP contribution in [-0.2, 0) is 4.79 Å². The zero-order chi connectivity index (χ0) is 16.9. The van der Waals surface area contributed by atoms with E-state index in [0.29, 0.717) is 5.75 Å². The summed E-state index contributed by atoms with van der Waals surface area (Å²) in [5.74, 6) is 0.572. The predicted octanol–water partition coefficient (Wildman–Crippen LogP) is 4.48. The molecular weight excluding hydrogens is 298 g/mol. The lowest BCUT2D eigenvalue weighted by atomic mass is 10.1. The van der Waals surface area contributed by atoms with Gasteiger partial charge in [0.25, 0.3) is 5.91 Å². The highest BCUT2D eigenvalue weighted by Gasteiger charge is 2.17. The first-order chi connectivity index (χ1) is 11.6. The molecule has 1 amide bonds. The number of benzene rings is 3. The molecule has 0 fully saturated rings. The van der Waals surface area contributed by atoms with E-state index in [0.717, 1.165) is 16.3 Å². The molecule has 3 rings (SSSR count). The van der Waals surface area contributed by atoms with E-state index >= 15 is 0 Å². The summed E-state index contributed by atoms with van der Waals surface area (Å²) in [6.07, 6.45) is -0.558. The third-order valence-electron chi connectivity index (χ3n) is 4.06. The van der Waals surface area contributed by atoms with E-state index in [2.05, 4.69) is 11.4 Å². The van der Waals surface area contributed by atoms with E-state index in [1.165, 1.54) is 0 Å². The lowest BCUT2D eigenvalue weighted by Gasteiger charge is -2.19. The van der Waals surface area contributed by atoms with Gasteiger partial charge in [0.1, 0.15) is 5.75 Å². The van der Waals surface area contributed by atoms with Gasteiger partial charge in [-0.25, -0.2) is 0 Å². The smallest absolute Gasteiger partial charge is 0.261 e. The summed E-state index contributed by atoms with van der Waals surface area (Å²) >= 11 is 0. The van der Waals surface area contributed by atoms with E-state index in [9.17, 15) is 4.79 Å². The fourth-order valence-electron chi connectivity index (χ4n) is 2.65. The van der Waals surface area contributed by atoms with Crippen LogP contribution in [0.15, 0.2) is 72.8 Å². The molecule has 0 unspecified atom stereocenters. The molecule has 0 aromatic heterocycles. The Morgan fingerprint density at radius 1 is 0.875 bits per heavy atom. The Morgan fingerprint density at radius 2 is 1.54 bits per heavy atom. The summed E-state index contributed by atoms with van der Waals surface area (Å²) in [5.41, 5.74) is 1.07. The van der Waals surface area contributed by atoms with Crippen LogP contribution in [-0.4, -0.2) is 12.0 Å². The standard InChI is InChI=1S/C21H21NO2/c1-15(17-8-4-3-5-9-17)22-21(23)16(2)24-20-13-12-18-10-6-7-11-19(18)14-20/h3-16H,1-2H3,(H,22,23)/t15-,16+/m1/s1. The Kier molecular flexibility index (Phi) is 4.80. The number of amides is 1. The van der Waals surface area contributed by atoms with Crippen LogP contribution in [0, 0.1) is 0 Å². The quantitative estimate of drug-likeness (QED) is 0.753. The second-order valence-electron chi connectivity index (χ2n) is 5.91. The van der Waals surface area contributed by atoms with Crippen molar-refractivity contribution in [3.8, 4) is 5.75 Å². The number of carbonyl (C=O) groups is 1. The molecule has 3 nitrogen and oxygen atoms in total. The van der Waals surface area contributed by atoms with Crippen molar-refractivity contribution < 1.29 is 9.53 Å². The van der Waals surface area contributed by atoms with Crippen molar-refractivity contribution in [1.82, 2.24) is 5.32 Å². The highest BCUT2D eigenvalue weighted by Crippen LogP contribution is 2.21. The summed E-state index contributed by atoms with van der Waals surface area (Å²) in [6.45, 7) is 3.73. The summed E-state index contributed by atoms with van der Waals surface area (Å²) in [4.78, 5) is 12.4. The molecule has 122 valence electrons. The maximum atomic E-state index is 12.4. The molecular formula is C21H21NO2. The summed E-state index contributed by atoms with van der Waals surface area (Å²) in [6, 6.07) is 23.8. The molecule has 0 spiro atoms. The van der Waals surface area contributed by atoms with Gasteiger partial charge >= 0.3 is 0 Å². The van der Waals surface area contributed by atoms with E-state index in [-0.39, 0.29) is 11.9 Å². The van der Waals surface area contributed by atoms with Crippen LogP contribution >= 0.6 is 0 Å².